The summed E-state index contributed by atoms with van der Waals surface area (Å²) in [5, 5.41) is 4.17. The molecule has 1 N–H and O–H groups in total. The first-order valence-electron chi connectivity index (χ1n) is 10.1. The summed E-state index contributed by atoms with van der Waals surface area (Å²) in [6, 6.07) is 18.2. The Morgan fingerprint density at radius 3 is 2.72 bits per heavy atom. The van der Waals surface area contributed by atoms with E-state index < -0.39 is 5.82 Å². The standard InChI is InChI=1S/C24H19ClFN5S/c25-18-13-17(8-9-19(18)26)30-12-4-7-21(30)23-22(20-6-1-2-11-28-20)29-24(32)31(23)15-16-5-3-10-27-14-16/h1-14,22-23H,15H2,(H,29,32). The predicted octanol–water partition coefficient (Wildman–Crippen LogP) is 5.23. The molecular formula is C24H19ClFN5S. The summed E-state index contributed by atoms with van der Waals surface area (Å²) in [7, 11) is 0. The molecule has 4 heterocycles. The average molecular weight is 464 g/mol. The Hall–Kier alpha value is -3.29. The SMILES string of the molecule is Fc1ccc(-n2cccc2C2C(c3ccccn3)NC(=S)N2Cc2cccnc2)cc1Cl. The van der Waals surface area contributed by atoms with Gasteiger partial charge in [0.05, 0.1) is 22.8 Å². The van der Waals surface area contributed by atoms with E-state index in [0.29, 0.717) is 11.7 Å². The smallest absolute Gasteiger partial charge is 0.170 e. The van der Waals surface area contributed by atoms with Gasteiger partial charge in [-0.2, -0.15) is 0 Å². The Balaban J connectivity index is 1.61. The van der Waals surface area contributed by atoms with E-state index in [2.05, 4.69) is 20.2 Å². The third-order valence-electron chi connectivity index (χ3n) is 5.54. The number of thiocarbonyl (C=S) groups is 1. The van der Waals surface area contributed by atoms with Crippen molar-refractivity contribution >= 4 is 28.9 Å². The van der Waals surface area contributed by atoms with E-state index >= 15 is 0 Å². The number of hydrogen-bond donors (Lipinski definition) is 1. The topological polar surface area (TPSA) is 46.0 Å². The van der Waals surface area contributed by atoms with Crippen molar-refractivity contribution in [3.8, 4) is 5.69 Å². The predicted molar refractivity (Wildman–Crippen MR) is 126 cm³/mol. The number of nitrogens with zero attached hydrogens (tertiary/aromatic N) is 4. The van der Waals surface area contributed by atoms with Gasteiger partial charge in [-0.3, -0.25) is 9.97 Å². The molecule has 1 aliphatic heterocycles. The van der Waals surface area contributed by atoms with Crippen LogP contribution in [0.3, 0.4) is 0 Å². The fourth-order valence-corrected chi connectivity index (χ4v) is 4.57. The summed E-state index contributed by atoms with van der Waals surface area (Å²) < 4.78 is 15.8. The first-order valence-corrected chi connectivity index (χ1v) is 10.9. The van der Waals surface area contributed by atoms with Gasteiger partial charge in [0.15, 0.2) is 5.11 Å². The van der Waals surface area contributed by atoms with Gasteiger partial charge in [0.25, 0.3) is 0 Å². The van der Waals surface area contributed by atoms with Gasteiger partial charge in [0.1, 0.15) is 5.82 Å². The molecule has 0 saturated carbocycles. The molecule has 2 atom stereocenters. The summed E-state index contributed by atoms with van der Waals surface area (Å²) in [6.45, 7) is 0.586. The molecule has 1 aliphatic rings. The van der Waals surface area contributed by atoms with E-state index in [1.807, 2.05) is 59.4 Å². The van der Waals surface area contributed by atoms with Crippen LogP contribution in [0.2, 0.25) is 5.02 Å². The lowest BCUT2D eigenvalue weighted by molar-refractivity contribution is 0.302. The van der Waals surface area contributed by atoms with Crippen LogP contribution in [0.5, 0.6) is 0 Å². The highest BCUT2D eigenvalue weighted by Gasteiger charge is 2.41. The monoisotopic (exact) mass is 463 g/mol. The van der Waals surface area contributed by atoms with Crippen molar-refractivity contribution in [2.24, 2.45) is 0 Å². The molecule has 0 radical (unpaired) electrons. The Bertz CT molecular complexity index is 1250. The van der Waals surface area contributed by atoms with Gasteiger partial charge in [0, 0.05) is 42.7 Å². The zero-order valence-electron chi connectivity index (χ0n) is 16.9. The molecule has 0 spiro atoms. The third kappa shape index (κ3) is 3.85. The second-order valence-corrected chi connectivity index (χ2v) is 8.31. The normalized spacial score (nSPS) is 18.1. The number of nitrogens with one attached hydrogen (secondary N) is 1. The highest BCUT2D eigenvalue weighted by Crippen LogP contribution is 2.40. The van der Waals surface area contributed by atoms with Crippen LogP contribution in [-0.2, 0) is 6.54 Å². The van der Waals surface area contributed by atoms with E-state index in [0.717, 1.165) is 22.6 Å². The van der Waals surface area contributed by atoms with E-state index in [-0.39, 0.29) is 17.1 Å². The van der Waals surface area contributed by atoms with E-state index in [1.165, 1.54) is 6.07 Å². The molecule has 0 bridgehead atoms. The first kappa shape index (κ1) is 20.6. The molecule has 5 nitrogen and oxygen atoms in total. The zero-order valence-corrected chi connectivity index (χ0v) is 18.5. The molecule has 160 valence electrons. The Morgan fingerprint density at radius 1 is 1.06 bits per heavy atom. The fraction of sp³-hybridized carbons (Fsp3) is 0.125. The minimum atomic E-state index is -0.447. The lowest BCUT2D eigenvalue weighted by atomic mass is 10.0. The van der Waals surface area contributed by atoms with Crippen LogP contribution in [0.4, 0.5) is 4.39 Å². The van der Waals surface area contributed by atoms with Gasteiger partial charge in [-0.05, 0) is 66.3 Å². The first-order chi connectivity index (χ1) is 15.6. The number of pyridine rings is 2. The quantitative estimate of drug-likeness (QED) is 0.410. The van der Waals surface area contributed by atoms with Crippen molar-refractivity contribution in [2.45, 2.75) is 18.6 Å². The van der Waals surface area contributed by atoms with Crippen LogP contribution in [0.1, 0.15) is 29.0 Å². The average Bonchev–Trinajstić information content (AvgIpc) is 3.42. The van der Waals surface area contributed by atoms with Crippen LogP contribution in [0.25, 0.3) is 5.69 Å². The molecule has 1 saturated heterocycles. The molecule has 2 unspecified atom stereocenters. The van der Waals surface area contributed by atoms with E-state index in [1.54, 1.807) is 24.5 Å². The summed E-state index contributed by atoms with van der Waals surface area (Å²) in [5.41, 5.74) is 3.69. The number of rotatable bonds is 5. The Morgan fingerprint density at radius 2 is 1.97 bits per heavy atom. The molecule has 0 aliphatic carbocycles. The van der Waals surface area contributed by atoms with Crippen LogP contribution in [0, 0.1) is 5.82 Å². The number of halogens is 2. The molecule has 4 aromatic rings. The van der Waals surface area contributed by atoms with Crippen molar-refractivity contribution in [3.05, 3.63) is 113 Å². The Labute approximate surface area is 195 Å². The van der Waals surface area contributed by atoms with Gasteiger partial charge in [-0.1, -0.05) is 23.7 Å². The number of benzene rings is 1. The fourth-order valence-electron chi connectivity index (χ4n) is 4.09. The van der Waals surface area contributed by atoms with Crippen LogP contribution in [0.15, 0.2) is 85.5 Å². The van der Waals surface area contributed by atoms with E-state index in [4.69, 9.17) is 23.8 Å². The second-order valence-electron chi connectivity index (χ2n) is 7.52. The molecule has 32 heavy (non-hydrogen) atoms. The van der Waals surface area contributed by atoms with Crippen molar-refractivity contribution in [1.82, 2.24) is 24.8 Å². The number of hydrogen-bond acceptors (Lipinski definition) is 3. The molecular weight excluding hydrogens is 445 g/mol. The molecule has 5 rings (SSSR count). The molecule has 1 aromatic carbocycles. The highest BCUT2D eigenvalue weighted by atomic mass is 35.5. The molecule has 3 aromatic heterocycles. The van der Waals surface area contributed by atoms with Crippen LogP contribution in [-0.4, -0.2) is 24.5 Å². The van der Waals surface area contributed by atoms with Crippen molar-refractivity contribution in [3.63, 3.8) is 0 Å². The minimum Gasteiger partial charge on any atom is -0.352 e. The highest BCUT2D eigenvalue weighted by molar-refractivity contribution is 7.80. The second kappa shape index (κ2) is 8.68. The summed E-state index contributed by atoms with van der Waals surface area (Å²) in [6.07, 6.45) is 7.31. The molecule has 1 fully saturated rings. The molecule has 8 heteroatoms. The maximum Gasteiger partial charge on any atom is 0.170 e. The maximum atomic E-state index is 13.8. The van der Waals surface area contributed by atoms with Crippen LogP contribution < -0.4 is 5.32 Å². The lowest BCUT2D eigenvalue weighted by Gasteiger charge is -2.29. The van der Waals surface area contributed by atoms with Gasteiger partial charge in [0.2, 0.25) is 0 Å². The Kier molecular flexibility index (Phi) is 5.59. The van der Waals surface area contributed by atoms with Gasteiger partial charge in [-0.15, -0.1) is 0 Å². The van der Waals surface area contributed by atoms with Crippen molar-refractivity contribution in [2.75, 3.05) is 0 Å². The number of aromatic nitrogens is 3. The van der Waals surface area contributed by atoms with Gasteiger partial charge >= 0.3 is 0 Å². The van der Waals surface area contributed by atoms with Gasteiger partial charge in [-0.25, -0.2) is 4.39 Å². The van der Waals surface area contributed by atoms with Crippen molar-refractivity contribution in [1.29, 1.82) is 0 Å². The van der Waals surface area contributed by atoms with E-state index in [9.17, 15) is 4.39 Å². The summed E-state index contributed by atoms with van der Waals surface area (Å²) >= 11 is 11.8. The summed E-state index contributed by atoms with van der Waals surface area (Å²) in [5.74, 6) is -0.447. The van der Waals surface area contributed by atoms with Crippen molar-refractivity contribution < 1.29 is 4.39 Å². The molecule has 0 amide bonds. The van der Waals surface area contributed by atoms with Crippen LogP contribution >= 0.6 is 23.8 Å². The third-order valence-corrected chi connectivity index (χ3v) is 6.18. The summed E-state index contributed by atoms with van der Waals surface area (Å²) in [4.78, 5) is 11.0. The zero-order chi connectivity index (χ0) is 22.1. The largest absolute Gasteiger partial charge is 0.352 e. The maximum absolute atomic E-state index is 13.8. The minimum absolute atomic E-state index is 0.0794. The lowest BCUT2D eigenvalue weighted by Crippen LogP contribution is -2.30. The van der Waals surface area contributed by atoms with Gasteiger partial charge < -0.3 is 14.8 Å².